The normalized spacial score (nSPS) is 16.3. The second-order valence-corrected chi connectivity index (χ2v) is 8.04. The minimum absolute atomic E-state index is 0.0628. The molecule has 1 atom stereocenters. The topological polar surface area (TPSA) is 86.7 Å². The van der Waals surface area contributed by atoms with Gasteiger partial charge in [-0.05, 0) is 29.8 Å². The number of halogens is 1. The maximum atomic E-state index is 9.90. The minimum Gasteiger partial charge on any atom is -0.489 e. The first-order valence-electron chi connectivity index (χ1n) is 9.61. The van der Waals surface area contributed by atoms with Gasteiger partial charge < -0.3 is 24.7 Å². The van der Waals surface area contributed by atoms with Crippen LogP contribution < -0.4 is 24.7 Å². The fraction of sp³-hybridized carbons (Fsp3) is 0.125. The molecule has 2 aliphatic rings. The van der Waals surface area contributed by atoms with Gasteiger partial charge in [-0.1, -0.05) is 46.3 Å². The predicted octanol–water partition coefficient (Wildman–Crippen LogP) is 4.97. The molecule has 2 N–H and O–H groups in total. The third kappa shape index (κ3) is 3.56. The molecule has 3 aromatic rings. The molecule has 0 bridgehead atoms. The Labute approximate surface area is 187 Å². The fourth-order valence-corrected chi connectivity index (χ4v) is 4.16. The lowest BCUT2D eigenvalue weighted by Gasteiger charge is -2.28. The van der Waals surface area contributed by atoms with E-state index in [2.05, 4.69) is 22.0 Å². The van der Waals surface area contributed by atoms with Crippen molar-refractivity contribution < 1.29 is 18.9 Å². The summed E-state index contributed by atoms with van der Waals surface area (Å²) in [5.41, 5.74) is 9.06. The summed E-state index contributed by atoms with van der Waals surface area (Å²) in [5, 5.41) is 9.90. The summed E-state index contributed by atoms with van der Waals surface area (Å²) in [6, 6.07) is 21.4. The van der Waals surface area contributed by atoms with Crippen molar-refractivity contribution in [3.05, 3.63) is 93.3 Å². The molecule has 0 unspecified atom stereocenters. The van der Waals surface area contributed by atoms with Crippen LogP contribution in [0.5, 0.6) is 23.0 Å². The summed E-state index contributed by atoms with van der Waals surface area (Å²) >= 11 is 3.54. The molecule has 0 saturated carbocycles. The van der Waals surface area contributed by atoms with E-state index in [4.69, 9.17) is 24.7 Å². The molecule has 3 aromatic carbocycles. The zero-order chi connectivity index (χ0) is 21.4. The third-order valence-electron chi connectivity index (χ3n) is 5.23. The van der Waals surface area contributed by atoms with Gasteiger partial charge in [0.1, 0.15) is 29.7 Å². The maximum Gasteiger partial charge on any atom is 0.231 e. The van der Waals surface area contributed by atoms with Crippen molar-refractivity contribution in [2.24, 2.45) is 5.73 Å². The lowest BCUT2D eigenvalue weighted by atomic mass is 9.83. The van der Waals surface area contributed by atoms with Crippen LogP contribution in [0.4, 0.5) is 0 Å². The molecule has 154 valence electrons. The molecule has 0 fully saturated rings. The number of fused-ring (bicyclic) bond motifs is 2. The van der Waals surface area contributed by atoms with Gasteiger partial charge in [-0.15, -0.1) is 0 Å². The van der Waals surface area contributed by atoms with Gasteiger partial charge in [0, 0.05) is 21.7 Å². The molecular weight excluding hydrogens is 460 g/mol. The van der Waals surface area contributed by atoms with Gasteiger partial charge in [-0.3, -0.25) is 0 Å². The summed E-state index contributed by atoms with van der Waals surface area (Å²) in [5.74, 6) is 1.95. The molecule has 0 amide bonds. The number of hydrogen-bond donors (Lipinski definition) is 1. The van der Waals surface area contributed by atoms with E-state index in [1.54, 1.807) is 6.07 Å². The standard InChI is InChI=1S/C24H17BrN2O4/c25-15-6-7-19(28-12-14-4-2-1-3-5-14)16(8-15)23-17-9-21-22(30-13-29-21)10-20(17)31-24(27)18(23)11-26/h1-10,23H,12-13,27H2/t23-/m1/s1. The zero-order valence-corrected chi connectivity index (χ0v) is 17.9. The molecule has 31 heavy (non-hydrogen) atoms. The molecule has 0 aromatic heterocycles. The second kappa shape index (κ2) is 7.89. The number of nitrogens with zero attached hydrogens (tertiary/aromatic N) is 1. The second-order valence-electron chi connectivity index (χ2n) is 7.12. The van der Waals surface area contributed by atoms with Crippen molar-refractivity contribution >= 4 is 15.9 Å². The number of allylic oxidation sites excluding steroid dienone is 1. The summed E-state index contributed by atoms with van der Waals surface area (Å²) in [7, 11) is 0. The van der Waals surface area contributed by atoms with Crippen molar-refractivity contribution in [2.45, 2.75) is 12.5 Å². The lowest BCUT2D eigenvalue weighted by molar-refractivity contribution is 0.174. The van der Waals surface area contributed by atoms with Crippen molar-refractivity contribution in [2.75, 3.05) is 6.79 Å². The van der Waals surface area contributed by atoms with Gasteiger partial charge in [0.2, 0.25) is 12.7 Å². The quantitative estimate of drug-likeness (QED) is 0.571. The van der Waals surface area contributed by atoms with Crippen LogP contribution in [-0.2, 0) is 6.61 Å². The highest BCUT2D eigenvalue weighted by molar-refractivity contribution is 9.10. The molecule has 0 aliphatic carbocycles. The highest BCUT2D eigenvalue weighted by atomic mass is 79.9. The largest absolute Gasteiger partial charge is 0.489 e. The van der Waals surface area contributed by atoms with E-state index in [9.17, 15) is 5.26 Å². The average Bonchev–Trinajstić information content (AvgIpc) is 3.24. The number of nitrogens with two attached hydrogens (primary N) is 1. The van der Waals surface area contributed by atoms with Crippen LogP contribution in [0.25, 0.3) is 0 Å². The first kappa shape index (κ1) is 19.3. The van der Waals surface area contributed by atoms with Gasteiger partial charge >= 0.3 is 0 Å². The molecule has 7 heteroatoms. The first-order chi connectivity index (χ1) is 15.1. The SMILES string of the molecule is N#CC1=C(N)Oc2cc3c(cc2[C@H]1c1cc(Br)ccc1OCc1ccccc1)OCO3. The van der Waals surface area contributed by atoms with Crippen LogP contribution >= 0.6 is 15.9 Å². The Morgan fingerprint density at radius 1 is 1.00 bits per heavy atom. The van der Waals surface area contributed by atoms with Gasteiger partial charge in [-0.25, -0.2) is 0 Å². The molecule has 0 saturated heterocycles. The monoisotopic (exact) mass is 476 g/mol. The molecular formula is C24H17BrN2O4. The number of rotatable bonds is 4. The van der Waals surface area contributed by atoms with Gasteiger partial charge in [0.05, 0.1) is 5.92 Å². The Kier molecular flexibility index (Phi) is 4.92. The molecule has 0 spiro atoms. The molecule has 0 radical (unpaired) electrons. The first-order valence-corrected chi connectivity index (χ1v) is 10.4. The van der Waals surface area contributed by atoms with Crippen molar-refractivity contribution in [1.82, 2.24) is 0 Å². The Balaban J connectivity index is 1.62. The highest BCUT2D eigenvalue weighted by Gasteiger charge is 2.35. The van der Waals surface area contributed by atoms with Crippen LogP contribution in [0.3, 0.4) is 0 Å². The van der Waals surface area contributed by atoms with E-state index in [0.29, 0.717) is 35.2 Å². The summed E-state index contributed by atoms with van der Waals surface area (Å²) in [6.07, 6.45) is 0. The number of benzene rings is 3. The van der Waals surface area contributed by atoms with E-state index < -0.39 is 5.92 Å². The van der Waals surface area contributed by atoms with Crippen LogP contribution in [0.2, 0.25) is 0 Å². The Bertz CT molecular complexity index is 1230. The van der Waals surface area contributed by atoms with Gasteiger partial charge in [0.25, 0.3) is 0 Å². The minimum atomic E-state index is -0.480. The molecule has 2 aliphatic heterocycles. The third-order valence-corrected chi connectivity index (χ3v) is 5.72. The van der Waals surface area contributed by atoms with E-state index >= 15 is 0 Å². The molecule has 5 rings (SSSR count). The van der Waals surface area contributed by atoms with Crippen LogP contribution in [0.15, 0.2) is 76.6 Å². The van der Waals surface area contributed by atoms with Gasteiger partial charge in [-0.2, -0.15) is 5.26 Å². The van der Waals surface area contributed by atoms with Crippen LogP contribution in [-0.4, -0.2) is 6.79 Å². The van der Waals surface area contributed by atoms with Crippen molar-refractivity contribution in [3.8, 4) is 29.1 Å². The number of nitriles is 1. The van der Waals surface area contributed by atoms with Crippen molar-refractivity contribution in [1.29, 1.82) is 5.26 Å². The average molecular weight is 477 g/mol. The highest BCUT2D eigenvalue weighted by Crippen LogP contribution is 2.49. The number of ether oxygens (including phenoxy) is 4. The summed E-state index contributed by atoms with van der Waals surface area (Å²) in [6.45, 7) is 0.535. The Hall–Kier alpha value is -3.63. The van der Waals surface area contributed by atoms with E-state index in [-0.39, 0.29) is 12.7 Å². The van der Waals surface area contributed by atoms with E-state index in [1.807, 2.05) is 54.6 Å². The van der Waals surface area contributed by atoms with E-state index in [1.165, 1.54) is 0 Å². The van der Waals surface area contributed by atoms with Crippen molar-refractivity contribution in [3.63, 3.8) is 0 Å². The van der Waals surface area contributed by atoms with Crippen LogP contribution in [0, 0.1) is 11.3 Å². The van der Waals surface area contributed by atoms with E-state index in [0.717, 1.165) is 21.2 Å². The maximum absolute atomic E-state index is 9.90. The fourth-order valence-electron chi connectivity index (χ4n) is 3.78. The summed E-state index contributed by atoms with van der Waals surface area (Å²) in [4.78, 5) is 0. The smallest absolute Gasteiger partial charge is 0.231 e. The lowest BCUT2D eigenvalue weighted by Crippen LogP contribution is -2.21. The predicted molar refractivity (Wildman–Crippen MR) is 117 cm³/mol. The Morgan fingerprint density at radius 3 is 2.55 bits per heavy atom. The zero-order valence-electron chi connectivity index (χ0n) is 16.3. The summed E-state index contributed by atoms with van der Waals surface area (Å²) < 4.78 is 23.8. The molecule has 2 heterocycles. The van der Waals surface area contributed by atoms with Gasteiger partial charge in [0.15, 0.2) is 11.5 Å². The number of hydrogen-bond acceptors (Lipinski definition) is 6. The Morgan fingerprint density at radius 2 is 1.77 bits per heavy atom. The van der Waals surface area contributed by atoms with Crippen LogP contribution in [0.1, 0.15) is 22.6 Å². The molecule has 6 nitrogen and oxygen atoms in total.